The van der Waals surface area contributed by atoms with Crippen LogP contribution in [-0.4, -0.2) is 23.4 Å². The summed E-state index contributed by atoms with van der Waals surface area (Å²) in [4.78, 5) is 16.7. The second-order valence-electron chi connectivity index (χ2n) is 7.88. The highest BCUT2D eigenvalue weighted by molar-refractivity contribution is 7.16. The van der Waals surface area contributed by atoms with Crippen molar-refractivity contribution in [2.45, 2.75) is 39.0 Å². The van der Waals surface area contributed by atoms with Gasteiger partial charge in [-0.3, -0.25) is 9.69 Å². The van der Waals surface area contributed by atoms with Crippen LogP contribution in [0.1, 0.15) is 46.6 Å². The lowest BCUT2D eigenvalue weighted by Crippen LogP contribution is -2.39. The van der Waals surface area contributed by atoms with Gasteiger partial charge in [-0.25, -0.2) is 0 Å². The molecule has 8 heteroatoms. The summed E-state index contributed by atoms with van der Waals surface area (Å²) >= 11 is 14.1. The first-order chi connectivity index (χ1) is 14.4. The zero-order valence-electron chi connectivity index (χ0n) is 16.6. The van der Waals surface area contributed by atoms with Crippen molar-refractivity contribution in [1.82, 2.24) is 10.2 Å². The monoisotopic (exact) mass is 461 g/mol. The third-order valence-corrected chi connectivity index (χ3v) is 7.69. The molecule has 1 amide bonds. The van der Waals surface area contributed by atoms with Crippen LogP contribution in [0, 0.1) is 0 Å². The number of thiophene rings is 1. The highest BCUT2D eigenvalue weighted by Crippen LogP contribution is 2.42. The van der Waals surface area contributed by atoms with Crippen molar-refractivity contribution >= 4 is 45.4 Å². The van der Waals surface area contributed by atoms with E-state index in [0.29, 0.717) is 27.6 Å². The molecular formula is C22H21Cl2N3O2S. The van der Waals surface area contributed by atoms with Crippen molar-refractivity contribution in [2.24, 2.45) is 0 Å². The summed E-state index contributed by atoms with van der Waals surface area (Å²) in [5, 5.41) is 8.33. The van der Waals surface area contributed by atoms with E-state index in [1.54, 1.807) is 17.4 Å². The molecule has 2 aliphatic heterocycles. The molecule has 0 spiro atoms. The summed E-state index contributed by atoms with van der Waals surface area (Å²) < 4.78 is 6.04. The van der Waals surface area contributed by atoms with Crippen LogP contribution in [0.3, 0.4) is 0 Å². The standard InChI is InChI=1S/C22H21Cl2N3O2S/c1-11(2)27-9-8-13-17(10-27)30-22-18(13)21(28)25-20(26-22)16-7-6-15(29-16)12-4-3-5-14(23)19(12)24/h3-7,11,20,26H,8-10H2,1-2H3,(H,25,28)/t20-/m0/s1. The Morgan fingerprint density at radius 3 is 2.83 bits per heavy atom. The first-order valence-corrected chi connectivity index (χ1v) is 11.5. The molecule has 5 nitrogen and oxygen atoms in total. The summed E-state index contributed by atoms with van der Waals surface area (Å²) in [6.07, 6.45) is 0.468. The Balaban J connectivity index is 1.43. The van der Waals surface area contributed by atoms with Crippen molar-refractivity contribution < 1.29 is 9.21 Å². The molecule has 3 aromatic rings. The number of nitrogens with one attached hydrogen (secondary N) is 2. The Kier molecular flexibility index (Phi) is 5.06. The number of amides is 1. The number of benzene rings is 1. The number of hydrogen-bond acceptors (Lipinski definition) is 5. The fraction of sp³-hybridized carbons (Fsp3) is 0.318. The van der Waals surface area contributed by atoms with E-state index >= 15 is 0 Å². The Morgan fingerprint density at radius 1 is 1.20 bits per heavy atom. The molecule has 156 valence electrons. The van der Waals surface area contributed by atoms with Gasteiger partial charge in [-0.15, -0.1) is 11.3 Å². The van der Waals surface area contributed by atoms with Gasteiger partial charge in [-0.2, -0.15) is 0 Å². The van der Waals surface area contributed by atoms with Crippen LogP contribution < -0.4 is 10.6 Å². The maximum absolute atomic E-state index is 13.0. The number of carbonyl (C=O) groups excluding carboxylic acids is 1. The van der Waals surface area contributed by atoms with Crippen molar-refractivity contribution in [2.75, 3.05) is 11.9 Å². The summed E-state index contributed by atoms with van der Waals surface area (Å²) in [6, 6.07) is 9.61. The average molecular weight is 462 g/mol. The van der Waals surface area contributed by atoms with Gasteiger partial charge in [-0.1, -0.05) is 29.3 Å². The average Bonchev–Trinajstić information content (AvgIpc) is 3.34. The minimum Gasteiger partial charge on any atom is -0.457 e. The summed E-state index contributed by atoms with van der Waals surface area (Å²) in [5.74, 6) is 1.18. The molecule has 0 aliphatic carbocycles. The first kappa shape index (κ1) is 19.9. The van der Waals surface area contributed by atoms with E-state index in [0.717, 1.165) is 35.6 Å². The SMILES string of the molecule is CC(C)N1CCc2c(sc3c2C(=O)N[C@H](c2ccc(-c4cccc(Cl)c4Cl)o2)N3)C1. The molecule has 0 bridgehead atoms. The van der Waals surface area contributed by atoms with E-state index < -0.39 is 6.17 Å². The molecule has 1 aromatic carbocycles. The summed E-state index contributed by atoms with van der Waals surface area (Å²) in [6.45, 7) is 6.29. The molecular weight excluding hydrogens is 441 g/mol. The van der Waals surface area contributed by atoms with Crippen LogP contribution in [0.25, 0.3) is 11.3 Å². The summed E-state index contributed by atoms with van der Waals surface area (Å²) in [5.41, 5.74) is 2.69. The Labute approximate surface area is 189 Å². The molecule has 0 saturated heterocycles. The van der Waals surface area contributed by atoms with Crippen LogP contribution in [0.2, 0.25) is 10.0 Å². The number of hydrogen-bond donors (Lipinski definition) is 2. The van der Waals surface area contributed by atoms with Crippen LogP contribution in [0.15, 0.2) is 34.7 Å². The van der Waals surface area contributed by atoms with Crippen molar-refractivity contribution in [3.8, 4) is 11.3 Å². The molecule has 30 heavy (non-hydrogen) atoms. The van der Waals surface area contributed by atoms with E-state index in [4.69, 9.17) is 27.6 Å². The van der Waals surface area contributed by atoms with E-state index in [1.807, 2.05) is 24.3 Å². The lowest BCUT2D eigenvalue weighted by atomic mass is 10.0. The largest absolute Gasteiger partial charge is 0.457 e. The molecule has 0 radical (unpaired) electrons. The molecule has 5 rings (SSSR count). The van der Waals surface area contributed by atoms with Crippen LogP contribution in [0.5, 0.6) is 0 Å². The Morgan fingerprint density at radius 2 is 2.03 bits per heavy atom. The maximum Gasteiger partial charge on any atom is 0.256 e. The lowest BCUT2D eigenvalue weighted by molar-refractivity contribution is 0.0930. The van der Waals surface area contributed by atoms with Gasteiger partial charge >= 0.3 is 0 Å². The molecule has 0 unspecified atom stereocenters. The van der Waals surface area contributed by atoms with E-state index in [9.17, 15) is 4.79 Å². The third kappa shape index (κ3) is 3.32. The number of furan rings is 1. The minimum atomic E-state index is -0.432. The third-order valence-electron chi connectivity index (χ3n) is 5.72. The van der Waals surface area contributed by atoms with Crippen LogP contribution in [-0.2, 0) is 13.0 Å². The molecule has 2 N–H and O–H groups in total. The van der Waals surface area contributed by atoms with Crippen molar-refractivity contribution in [3.63, 3.8) is 0 Å². The Hall–Kier alpha value is -1.99. The van der Waals surface area contributed by atoms with Gasteiger partial charge in [0.15, 0.2) is 6.17 Å². The molecule has 0 fully saturated rings. The van der Waals surface area contributed by atoms with Gasteiger partial charge in [0, 0.05) is 29.6 Å². The lowest BCUT2D eigenvalue weighted by Gasteiger charge is -2.30. The fourth-order valence-corrected chi connectivity index (χ4v) is 5.76. The fourth-order valence-electron chi connectivity index (χ4n) is 4.07. The second-order valence-corrected chi connectivity index (χ2v) is 9.77. The predicted octanol–water partition coefficient (Wildman–Crippen LogP) is 5.94. The number of carbonyl (C=O) groups is 1. The second kappa shape index (κ2) is 7.61. The quantitative estimate of drug-likeness (QED) is 0.506. The van der Waals surface area contributed by atoms with Gasteiger partial charge in [0.1, 0.15) is 16.5 Å². The Bertz CT molecular complexity index is 1140. The normalized spacial score (nSPS) is 18.7. The number of rotatable bonds is 3. The number of anilines is 1. The van der Waals surface area contributed by atoms with Crippen LogP contribution in [0.4, 0.5) is 5.00 Å². The smallest absolute Gasteiger partial charge is 0.256 e. The molecule has 2 aromatic heterocycles. The maximum atomic E-state index is 13.0. The van der Waals surface area contributed by atoms with Gasteiger partial charge < -0.3 is 15.1 Å². The van der Waals surface area contributed by atoms with Gasteiger partial charge in [0.2, 0.25) is 0 Å². The zero-order chi connectivity index (χ0) is 21.0. The van der Waals surface area contributed by atoms with Crippen molar-refractivity contribution in [1.29, 1.82) is 0 Å². The number of nitrogens with zero attached hydrogens (tertiary/aromatic N) is 1. The highest BCUT2D eigenvalue weighted by atomic mass is 35.5. The topological polar surface area (TPSA) is 57.5 Å². The highest BCUT2D eigenvalue weighted by Gasteiger charge is 2.34. The first-order valence-electron chi connectivity index (χ1n) is 9.92. The van der Waals surface area contributed by atoms with Crippen LogP contribution >= 0.6 is 34.5 Å². The number of halogens is 2. The number of fused-ring (bicyclic) bond motifs is 3. The van der Waals surface area contributed by atoms with E-state index in [1.165, 1.54) is 10.4 Å². The van der Waals surface area contributed by atoms with Gasteiger partial charge in [0.25, 0.3) is 5.91 Å². The minimum absolute atomic E-state index is 0.0528. The zero-order valence-corrected chi connectivity index (χ0v) is 18.9. The van der Waals surface area contributed by atoms with Gasteiger partial charge in [-0.05, 0) is 50.1 Å². The molecule has 1 atom stereocenters. The van der Waals surface area contributed by atoms with E-state index in [-0.39, 0.29) is 5.91 Å². The summed E-state index contributed by atoms with van der Waals surface area (Å²) in [7, 11) is 0. The molecule has 4 heterocycles. The molecule has 0 saturated carbocycles. The van der Waals surface area contributed by atoms with Gasteiger partial charge in [0.05, 0.1) is 15.6 Å². The van der Waals surface area contributed by atoms with E-state index in [2.05, 4.69) is 29.4 Å². The molecule has 2 aliphatic rings. The van der Waals surface area contributed by atoms with Crippen molar-refractivity contribution in [3.05, 3.63) is 62.1 Å². The predicted molar refractivity (Wildman–Crippen MR) is 122 cm³/mol.